The van der Waals surface area contributed by atoms with Gasteiger partial charge < -0.3 is 10.4 Å². The predicted octanol–water partition coefficient (Wildman–Crippen LogP) is 0.508. The normalized spacial score (nSPS) is 36.3. The minimum Gasteiger partial charge on any atom is -0.393 e. The van der Waals surface area contributed by atoms with Crippen LogP contribution in [0.2, 0.25) is 0 Å². The van der Waals surface area contributed by atoms with Crippen LogP contribution < -0.4 is 5.32 Å². The second-order valence-electron chi connectivity index (χ2n) is 2.86. The van der Waals surface area contributed by atoms with E-state index in [-0.39, 0.29) is 6.10 Å². The first-order chi connectivity index (χ1) is 4.24. The molecule has 1 rings (SSSR count). The van der Waals surface area contributed by atoms with E-state index in [1.807, 2.05) is 6.92 Å². The largest absolute Gasteiger partial charge is 0.393 e. The highest BCUT2D eigenvalue weighted by atomic mass is 16.3. The van der Waals surface area contributed by atoms with Gasteiger partial charge in [0.25, 0.3) is 0 Å². The van der Waals surface area contributed by atoms with E-state index in [9.17, 15) is 0 Å². The molecule has 3 atom stereocenters. The molecule has 0 saturated carbocycles. The molecule has 0 radical (unpaired) electrons. The molecule has 1 aliphatic rings. The molecule has 0 aromatic heterocycles. The Balaban J connectivity index is 2.05. The molecule has 0 amide bonds. The van der Waals surface area contributed by atoms with Crippen LogP contribution in [0.3, 0.4) is 0 Å². The van der Waals surface area contributed by atoms with Gasteiger partial charge in [-0.05, 0) is 19.8 Å². The maximum atomic E-state index is 9.15. The molecular formula is C7H15NO. The second-order valence-corrected chi connectivity index (χ2v) is 2.86. The average molecular weight is 129 g/mol. The Hall–Kier alpha value is -0.0800. The van der Waals surface area contributed by atoms with Crippen LogP contribution in [-0.4, -0.2) is 23.3 Å². The van der Waals surface area contributed by atoms with Crippen molar-refractivity contribution in [1.29, 1.82) is 0 Å². The Morgan fingerprint density at radius 3 is 2.56 bits per heavy atom. The van der Waals surface area contributed by atoms with Gasteiger partial charge in [-0.25, -0.2) is 0 Å². The van der Waals surface area contributed by atoms with Crippen molar-refractivity contribution in [3.63, 3.8) is 0 Å². The summed E-state index contributed by atoms with van der Waals surface area (Å²) in [6.07, 6.45) is 1.72. The maximum Gasteiger partial charge on any atom is 0.0553 e. The molecule has 0 spiro atoms. The van der Waals surface area contributed by atoms with Crippen LogP contribution in [0.1, 0.15) is 26.7 Å². The van der Waals surface area contributed by atoms with E-state index in [1.165, 1.54) is 0 Å². The maximum absolute atomic E-state index is 9.15. The average Bonchev–Trinajstić information content (AvgIpc) is 2.47. The van der Waals surface area contributed by atoms with Crippen molar-refractivity contribution < 1.29 is 5.11 Å². The second kappa shape index (κ2) is 2.67. The molecule has 1 fully saturated rings. The first-order valence-electron chi connectivity index (χ1n) is 3.68. The third kappa shape index (κ3) is 1.95. The van der Waals surface area contributed by atoms with Crippen molar-refractivity contribution in [3.05, 3.63) is 0 Å². The van der Waals surface area contributed by atoms with Crippen LogP contribution in [0.4, 0.5) is 0 Å². The summed E-state index contributed by atoms with van der Waals surface area (Å²) in [5, 5.41) is 12.4. The number of hydrogen-bond donors (Lipinski definition) is 2. The van der Waals surface area contributed by atoms with Gasteiger partial charge in [0.1, 0.15) is 0 Å². The van der Waals surface area contributed by atoms with Crippen molar-refractivity contribution in [1.82, 2.24) is 5.32 Å². The lowest BCUT2D eigenvalue weighted by Gasteiger charge is -2.03. The van der Waals surface area contributed by atoms with Gasteiger partial charge in [0.15, 0.2) is 0 Å². The molecule has 9 heavy (non-hydrogen) atoms. The number of rotatable bonds is 3. The zero-order valence-electron chi connectivity index (χ0n) is 6.09. The minimum absolute atomic E-state index is 0.0903. The highest BCUT2D eigenvalue weighted by molar-refractivity contribution is 4.95. The summed E-state index contributed by atoms with van der Waals surface area (Å²) in [4.78, 5) is 0. The van der Waals surface area contributed by atoms with Crippen LogP contribution in [0.5, 0.6) is 0 Å². The van der Waals surface area contributed by atoms with Crippen molar-refractivity contribution >= 4 is 0 Å². The molecule has 3 unspecified atom stereocenters. The van der Waals surface area contributed by atoms with Crippen LogP contribution in [-0.2, 0) is 0 Å². The van der Waals surface area contributed by atoms with Crippen LogP contribution in [0.15, 0.2) is 0 Å². The Labute approximate surface area is 56.3 Å². The van der Waals surface area contributed by atoms with E-state index in [4.69, 9.17) is 5.11 Å². The van der Waals surface area contributed by atoms with Crippen molar-refractivity contribution in [2.24, 2.45) is 0 Å². The lowest BCUT2D eigenvalue weighted by molar-refractivity contribution is 0.159. The summed E-state index contributed by atoms with van der Waals surface area (Å²) in [6, 6.07) is 1.24. The van der Waals surface area contributed by atoms with Gasteiger partial charge in [-0.2, -0.15) is 0 Å². The summed E-state index contributed by atoms with van der Waals surface area (Å²) in [7, 11) is 0. The van der Waals surface area contributed by atoms with E-state index < -0.39 is 0 Å². The van der Waals surface area contributed by atoms with Gasteiger partial charge in [-0.1, -0.05) is 6.92 Å². The number of aliphatic hydroxyl groups excluding tert-OH is 1. The molecule has 2 nitrogen and oxygen atoms in total. The first kappa shape index (κ1) is 7.03. The lowest BCUT2D eigenvalue weighted by atomic mass is 10.1. The molecule has 0 bridgehead atoms. The third-order valence-corrected chi connectivity index (χ3v) is 1.97. The van der Waals surface area contributed by atoms with E-state index >= 15 is 0 Å². The minimum atomic E-state index is -0.0903. The topological polar surface area (TPSA) is 42.2 Å². The molecule has 1 aliphatic heterocycles. The van der Waals surface area contributed by atoms with Crippen molar-refractivity contribution in [3.8, 4) is 0 Å². The number of nitrogens with one attached hydrogen (secondary N) is 1. The fourth-order valence-corrected chi connectivity index (χ4v) is 1.01. The van der Waals surface area contributed by atoms with Crippen molar-refractivity contribution in [2.75, 3.05) is 0 Å². The summed E-state index contributed by atoms with van der Waals surface area (Å²) in [5.74, 6) is 0. The third-order valence-electron chi connectivity index (χ3n) is 1.97. The molecular weight excluding hydrogens is 114 g/mol. The molecule has 2 heteroatoms. The molecule has 2 N–H and O–H groups in total. The summed E-state index contributed by atoms with van der Waals surface area (Å²) in [5.41, 5.74) is 0. The van der Waals surface area contributed by atoms with Crippen LogP contribution >= 0.6 is 0 Å². The van der Waals surface area contributed by atoms with Crippen LogP contribution in [0.25, 0.3) is 0 Å². The van der Waals surface area contributed by atoms with Gasteiger partial charge >= 0.3 is 0 Å². The summed E-state index contributed by atoms with van der Waals surface area (Å²) < 4.78 is 0. The van der Waals surface area contributed by atoms with Crippen molar-refractivity contribution in [2.45, 2.75) is 44.9 Å². The Bertz CT molecular complexity index is 92.9. The molecule has 1 saturated heterocycles. The molecule has 0 aromatic rings. The van der Waals surface area contributed by atoms with E-state index in [0.29, 0.717) is 12.1 Å². The zero-order valence-corrected chi connectivity index (χ0v) is 6.09. The molecule has 54 valence electrons. The Kier molecular flexibility index (Phi) is 2.09. The molecule has 0 aromatic carbocycles. The Morgan fingerprint density at radius 2 is 2.22 bits per heavy atom. The monoisotopic (exact) mass is 129 g/mol. The van der Waals surface area contributed by atoms with Crippen LogP contribution in [0, 0.1) is 0 Å². The van der Waals surface area contributed by atoms with E-state index in [0.717, 1.165) is 12.8 Å². The lowest BCUT2D eigenvalue weighted by Crippen LogP contribution is -2.09. The molecule has 1 heterocycles. The van der Waals surface area contributed by atoms with E-state index in [2.05, 4.69) is 12.2 Å². The first-order valence-corrected chi connectivity index (χ1v) is 3.68. The Morgan fingerprint density at radius 1 is 1.67 bits per heavy atom. The summed E-state index contributed by atoms with van der Waals surface area (Å²) >= 11 is 0. The van der Waals surface area contributed by atoms with Gasteiger partial charge in [-0.15, -0.1) is 0 Å². The van der Waals surface area contributed by atoms with E-state index in [1.54, 1.807) is 0 Å². The summed E-state index contributed by atoms with van der Waals surface area (Å²) in [6.45, 7) is 4.16. The highest BCUT2D eigenvalue weighted by Gasteiger charge is 2.32. The molecule has 0 aliphatic carbocycles. The SMILES string of the molecule is CCC(O)CC1NC1C. The number of aliphatic hydroxyl groups is 1. The number of hydrogen-bond acceptors (Lipinski definition) is 2. The quantitative estimate of drug-likeness (QED) is 0.545. The highest BCUT2D eigenvalue weighted by Crippen LogP contribution is 2.16. The fraction of sp³-hybridized carbons (Fsp3) is 1.00. The smallest absolute Gasteiger partial charge is 0.0553 e. The van der Waals surface area contributed by atoms with Gasteiger partial charge in [0, 0.05) is 12.1 Å². The predicted molar refractivity (Wildman–Crippen MR) is 37.3 cm³/mol. The zero-order chi connectivity index (χ0) is 6.85. The van der Waals surface area contributed by atoms with Gasteiger partial charge in [0.2, 0.25) is 0 Å². The standard InChI is InChI=1S/C7H15NO/c1-3-6(9)4-7-5(2)8-7/h5-9H,3-4H2,1-2H3. The van der Waals surface area contributed by atoms with Gasteiger partial charge in [0.05, 0.1) is 6.10 Å². The van der Waals surface area contributed by atoms with Gasteiger partial charge in [-0.3, -0.25) is 0 Å². The fourth-order valence-electron chi connectivity index (χ4n) is 1.01.